The molecule has 0 atom stereocenters. The van der Waals surface area contributed by atoms with E-state index >= 15 is 0 Å². The molecule has 0 spiro atoms. The molecule has 0 saturated carbocycles. The number of rotatable bonds is 4. The van der Waals surface area contributed by atoms with Gasteiger partial charge in [-0.2, -0.15) is 5.26 Å². The Morgan fingerprint density at radius 2 is 1.80 bits per heavy atom. The van der Waals surface area contributed by atoms with Gasteiger partial charge in [-0.3, -0.25) is 9.52 Å². The Kier molecular flexibility index (Phi) is 4.30. The summed E-state index contributed by atoms with van der Waals surface area (Å²) in [6, 6.07) is 15.8. The molecule has 25 heavy (non-hydrogen) atoms. The number of aryl methyl sites for hydroxylation is 1. The van der Waals surface area contributed by atoms with Crippen LogP contribution in [0.2, 0.25) is 0 Å². The summed E-state index contributed by atoms with van der Waals surface area (Å²) in [6.07, 6.45) is 0. The van der Waals surface area contributed by atoms with Crippen LogP contribution in [0, 0.1) is 11.3 Å². The third-order valence-corrected chi connectivity index (χ3v) is 5.25. The fourth-order valence-corrected chi connectivity index (χ4v) is 3.67. The molecule has 0 saturated heterocycles. The van der Waals surface area contributed by atoms with Gasteiger partial charge < -0.3 is 4.57 Å². The van der Waals surface area contributed by atoms with E-state index in [1.807, 2.05) is 13.0 Å². The van der Waals surface area contributed by atoms with E-state index in [0.29, 0.717) is 17.8 Å². The van der Waals surface area contributed by atoms with Crippen LogP contribution >= 0.6 is 0 Å². The number of anilines is 1. The summed E-state index contributed by atoms with van der Waals surface area (Å²) in [5.74, 6) is 0. The molecule has 3 aromatic rings. The van der Waals surface area contributed by atoms with Gasteiger partial charge in [0.25, 0.3) is 15.6 Å². The first kappa shape index (κ1) is 16.7. The van der Waals surface area contributed by atoms with Crippen molar-refractivity contribution in [1.82, 2.24) is 4.57 Å². The topological polar surface area (TPSA) is 92.0 Å². The average molecular weight is 353 g/mol. The molecule has 126 valence electrons. The maximum atomic E-state index is 12.5. The van der Waals surface area contributed by atoms with Crippen molar-refractivity contribution in [2.75, 3.05) is 4.72 Å². The van der Waals surface area contributed by atoms with Crippen molar-refractivity contribution >= 4 is 26.6 Å². The van der Waals surface area contributed by atoms with Gasteiger partial charge in [-0.15, -0.1) is 0 Å². The fraction of sp³-hybridized carbons (Fsp3) is 0.111. The lowest BCUT2D eigenvalue weighted by Crippen LogP contribution is -2.18. The molecule has 0 bridgehead atoms. The molecular formula is C18H15N3O3S. The average Bonchev–Trinajstić information content (AvgIpc) is 2.61. The zero-order valence-electron chi connectivity index (χ0n) is 13.4. The first-order valence-electron chi connectivity index (χ1n) is 7.61. The highest BCUT2D eigenvalue weighted by Gasteiger charge is 2.14. The third-order valence-electron chi connectivity index (χ3n) is 3.85. The van der Waals surface area contributed by atoms with Crippen LogP contribution in [0.1, 0.15) is 12.5 Å². The Hall–Kier alpha value is -3.11. The van der Waals surface area contributed by atoms with E-state index in [2.05, 4.69) is 4.72 Å². The van der Waals surface area contributed by atoms with Crippen molar-refractivity contribution in [3.8, 4) is 6.07 Å². The van der Waals surface area contributed by atoms with Gasteiger partial charge in [0.15, 0.2) is 0 Å². The predicted molar refractivity (Wildman–Crippen MR) is 95.8 cm³/mol. The van der Waals surface area contributed by atoms with E-state index in [9.17, 15) is 13.2 Å². The van der Waals surface area contributed by atoms with Crippen molar-refractivity contribution in [3.63, 3.8) is 0 Å². The minimum absolute atomic E-state index is 0.0742. The van der Waals surface area contributed by atoms with Gasteiger partial charge >= 0.3 is 0 Å². The fourth-order valence-electron chi connectivity index (χ4n) is 2.62. The highest BCUT2D eigenvalue weighted by molar-refractivity contribution is 7.92. The highest BCUT2D eigenvalue weighted by Crippen LogP contribution is 2.21. The van der Waals surface area contributed by atoms with E-state index in [1.165, 1.54) is 30.3 Å². The molecule has 6 nitrogen and oxygen atoms in total. The molecule has 0 unspecified atom stereocenters. The van der Waals surface area contributed by atoms with E-state index in [0.717, 1.165) is 10.9 Å². The van der Waals surface area contributed by atoms with E-state index < -0.39 is 10.0 Å². The van der Waals surface area contributed by atoms with Crippen LogP contribution in [-0.4, -0.2) is 13.0 Å². The summed E-state index contributed by atoms with van der Waals surface area (Å²) in [5, 5.41) is 9.56. The second-order valence-corrected chi connectivity index (χ2v) is 7.11. The van der Waals surface area contributed by atoms with Crippen LogP contribution in [0.25, 0.3) is 10.9 Å². The molecule has 0 aliphatic carbocycles. The Morgan fingerprint density at radius 1 is 1.08 bits per heavy atom. The number of nitriles is 1. The van der Waals surface area contributed by atoms with Crippen molar-refractivity contribution in [1.29, 1.82) is 5.26 Å². The first-order valence-corrected chi connectivity index (χ1v) is 9.09. The van der Waals surface area contributed by atoms with Gasteiger partial charge in [-0.1, -0.05) is 0 Å². The Morgan fingerprint density at radius 3 is 2.44 bits per heavy atom. The number of aromatic nitrogens is 1. The second kappa shape index (κ2) is 6.42. The normalized spacial score (nSPS) is 11.2. The Labute approximate surface area is 145 Å². The Balaban J connectivity index is 1.98. The van der Waals surface area contributed by atoms with Crippen molar-refractivity contribution < 1.29 is 8.42 Å². The van der Waals surface area contributed by atoms with Crippen LogP contribution in [0.3, 0.4) is 0 Å². The quantitative estimate of drug-likeness (QED) is 0.780. The lowest BCUT2D eigenvalue weighted by atomic mass is 10.2. The van der Waals surface area contributed by atoms with Crippen LogP contribution in [0.4, 0.5) is 5.69 Å². The van der Waals surface area contributed by atoms with Gasteiger partial charge in [-0.05, 0) is 55.5 Å². The lowest BCUT2D eigenvalue weighted by molar-refractivity contribution is 0.601. The number of pyridine rings is 1. The zero-order chi connectivity index (χ0) is 18.0. The van der Waals surface area contributed by atoms with Gasteiger partial charge in [0, 0.05) is 23.7 Å². The molecule has 1 heterocycles. The summed E-state index contributed by atoms with van der Waals surface area (Å²) in [6.45, 7) is 2.41. The third kappa shape index (κ3) is 3.25. The summed E-state index contributed by atoms with van der Waals surface area (Å²) >= 11 is 0. The van der Waals surface area contributed by atoms with Gasteiger partial charge in [0.2, 0.25) is 0 Å². The second-order valence-electron chi connectivity index (χ2n) is 5.43. The van der Waals surface area contributed by atoms with Crippen molar-refractivity contribution in [3.05, 3.63) is 70.5 Å². The number of nitrogens with one attached hydrogen (secondary N) is 1. The lowest BCUT2D eigenvalue weighted by Gasteiger charge is -2.11. The SMILES string of the molecule is CCn1c(=O)ccc2cc(NS(=O)(=O)c3ccc(C#N)cc3)ccc21. The van der Waals surface area contributed by atoms with Crippen molar-refractivity contribution in [2.45, 2.75) is 18.4 Å². The van der Waals surface area contributed by atoms with E-state index in [1.54, 1.807) is 28.8 Å². The summed E-state index contributed by atoms with van der Waals surface area (Å²) < 4.78 is 29.1. The molecule has 1 aromatic heterocycles. The Bertz CT molecular complexity index is 1140. The molecule has 2 aromatic carbocycles. The maximum Gasteiger partial charge on any atom is 0.261 e. The summed E-state index contributed by atoms with van der Waals surface area (Å²) in [4.78, 5) is 11.9. The van der Waals surface area contributed by atoms with Crippen LogP contribution < -0.4 is 10.3 Å². The number of hydrogen-bond donors (Lipinski definition) is 1. The minimum Gasteiger partial charge on any atom is -0.309 e. The van der Waals surface area contributed by atoms with E-state index in [-0.39, 0.29) is 10.5 Å². The van der Waals surface area contributed by atoms with Crippen molar-refractivity contribution in [2.24, 2.45) is 0 Å². The van der Waals surface area contributed by atoms with Crippen LogP contribution in [0.5, 0.6) is 0 Å². The zero-order valence-corrected chi connectivity index (χ0v) is 14.2. The molecule has 0 fully saturated rings. The molecule has 0 amide bonds. The largest absolute Gasteiger partial charge is 0.309 e. The molecule has 0 aliphatic rings. The van der Waals surface area contributed by atoms with Crippen LogP contribution in [0.15, 0.2) is 64.3 Å². The number of nitrogens with zero attached hydrogens (tertiary/aromatic N) is 2. The number of hydrogen-bond acceptors (Lipinski definition) is 4. The summed E-state index contributed by atoms with van der Waals surface area (Å²) in [7, 11) is -3.76. The number of benzene rings is 2. The maximum absolute atomic E-state index is 12.5. The molecule has 0 radical (unpaired) electrons. The molecule has 1 N–H and O–H groups in total. The van der Waals surface area contributed by atoms with E-state index in [4.69, 9.17) is 5.26 Å². The summed E-state index contributed by atoms with van der Waals surface area (Å²) in [5.41, 5.74) is 1.44. The van der Waals surface area contributed by atoms with Gasteiger partial charge in [-0.25, -0.2) is 8.42 Å². The highest BCUT2D eigenvalue weighted by atomic mass is 32.2. The molecule has 7 heteroatoms. The number of fused-ring (bicyclic) bond motifs is 1. The number of sulfonamides is 1. The smallest absolute Gasteiger partial charge is 0.261 e. The van der Waals surface area contributed by atoms with Gasteiger partial charge in [0.05, 0.1) is 22.0 Å². The molecule has 0 aliphatic heterocycles. The monoisotopic (exact) mass is 353 g/mol. The molecule has 3 rings (SSSR count). The molecular weight excluding hydrogens is 338 g/mol. The van der Waals surface area contributed by atoms with Crippen LogP contribution in [-0.2, 0) is 16.6 Å². The minimum atomic E-state index is -3.76. The predicted octanol–water partition coefficient (Wildman–Crippen LogP) is 2.69. The van der Waals surface area contributed by atoms with Gasteiger partial charge in [0.1, 0.15) is 0 Å². The standard InChI is InChI=1S/C18H15N3O3S/c1-2-21-17-9-6-15(11-14(17)5-10-18(21)22)20-25(23,24)16-7-3-13(12-19)4-8-16/h3-11,20H,2H2,1H3. The first-order chi connectivity index (χ1) is 11.9.